The molecule has 202 valence electrons. The molecule has 0 spiro atoms. The molecule has 10 N–H and O–H groups in total. The van der Waals surface area contributed by atoms with Crippen molar-refractivity contribution in [2.75, 3.05) is 6.54 Å². The number of carbonyl (C=O) groups is 6. The Bertz CT molecular complexity index is 863. The number of nitrogens with two attached hydrogens (primary N) is 2. The third kappa shape index (κ3) is 10.6. The topological polar surface area (TPSA) is 247 Å². The fraction of sp³-hybridized carbons (Fsp3) is 0.667. The minimum atomic E-state index is -1.31. The Morgan fingerprint density at radius 1 is 1.08 bits per heavy atom. The number of aldehydes is 1. The number of aliphatic carboxylic acids is 1. The lowest BCUT2D eigenvalue weighted by Gasteiger charge is -2.32. The highest BCUT2D eigenvalue weighted by atomic mass is 16.4. The van der Waals surface area contributed by atoms with Crippen molar-refractivity contribution in [1.29, 1.82) is 0 Å². The zero-order valence-corrected chi connectivity index (χ0v) is 20.6. The highest BCUT2D eigenvalue weighted by Crippen LogP contribution is 2.08. The molecule has 0 aromatic rings. The van der Waals surface area contributed by atoms with Gasteiger partial charge in [-0.2, -0.15) is 0 Å². The number of nitrogens with zero attached hydrogens (tertiary/aromatic N) is 1. The predicted octanol–water partition coefficient (Wildman–Crippen LogP) is -2.72. The van der Waals surface area contributed by atoms with Crippen LogP contribution >= 0.6 is 0 Å². The SMILES string of the molecule is CC(C)C[C@@H](NC(=O)N[C@H](C(=O)N[C@@H](CCC(N)=O)C(=O)N[C@@H](C)C=O)[C@@H]1CCN=C(N)N1)C(=O)O. The van der Waals surface area contributed by atoms with Crippen LogP contribution in [0, 0.1) is 5.92 Å². The largest absolute Gasteiger partial charge is 0.480 e. The van der Waals surface area contributed by atoms with E-state index in [1.54, 1.807) is 13.8 Å². The Balaban J connectivity index is 3.10. The zero-order chi connectivity index (χ0) is 27.4. The number of rotatable bonds is 14. The lowest BCUT2D eigenvalue weighted by molar-refractivity contribution is -0.139. The summed E-state index contributed by atoms with van der Waals surface area (Å²) < 4.78 is 0. The summed E-state index contributed by atoms with van der Waals surface area (Å²) in [5, 5.41) is 21.8. The standard InChI is InChI=1S/C21H36N8O7/c1-10(2)8-14(19(34)35)28-21(36)29-16(12-6-7-24-20(23)27-12)18(33)26-13(4-5-15(22)31)17(32)25-11(3)9-30/h9-14,16H,4-8H2,1-3H3,(H2,22,31)(H,25,32)(H,26,33)(H,34,35)(H3,23,24,27)(H2,28,29,36)/t11-,12-,13-,14+,16-/m0/s1. The van der Waals surface area contributed by atoms with E-state index in [0.29, 0.717) is 6.29 Å². The van der Waals surface area contributed by atoms with Gasteiger partial charge < -0.3 is 48.0 Å². The average Bonchev–Trinajstić information content (AvgIpc) is 2.78. The van der Waals surface area contributed by atoms with Gasteiger partial charge in [-0.05, 0) is 32.1 Å². The Morgan fingerprint density at radius 2 is 1.75 bits per heavy atom. The first-order valence-electron chi connectivity index (χ1n) is 11.5. The predicted molar refractivity (Wildman–Crippen MR) is 128 cm³/mol. The van der Waals surface area contributed by atoms with Crippen LogP contribution in [-0.2, 0) is 24.0 Å². The van der Waals surface area contributed by atoms with Crippen LogP contribution in [0.1, 0.15) is 46.5 Å². The van der Waals surface area contributed by atoms with E-state index in [1.807, 2.05) is 0 Å². The number of guanidine groups is 1. The number of carbonyl (C=O) groups excluding carboxylic acids is 5. The van der Waals surface area contributed by atoms with E-state index in [4.69, 9.17) is 11.5 Å². The number of carboxylic acids is 1. The van der Waals surface area contributed by atoms with E-state index in [2.05, 4.69) is 31.6 Å². The van der Waals surface area contributed by atoms with Gasteiger partial charge in [-0.1, -0.05) is 13.8 Å². The molecule has 0 unspecified atom stereocenters. The van der Waals surface area contributed by atoms with E-state index in [0.717, 1.165) is 0 Å². The van der Waals surface area contributed by atoms with Crippen LogP contribution in [0.15, 0.2) is 4.99 Å². The van der Waals surface area contributed by atoms with Crippen molar-refractivity contribution < 1.29 is 33.9 Å². The Hall–Kier alpha value is -3.91. The molecule has 0 aliphatic carbocycles. The van der Waals surface area contributed by atoms with Crippen LogP contribution in [0.2, 0.25) is 0 Å². The van der Waals surface area contributed by atoms with Gasteiger partial charge in [-0.15, -0.1) is 0 Å². The van der Waals surface area contributed by atoms with Crippen LogP contribution in [0.5, 0.6) is 0 Å². The number of hydrogen-bond donors (Lipinski definition) is 8. The maximum absolute atomic E-state index is 13.2. The van der Waals surface area contributed by atoms with Gasteiger partial charge in [-0.3, -0.25) is 19.4 Å². The number of urea groups is 1. The Morgan fingerprint density at radius 3 is 2.28 bits per heavy atom. The first-order valence-corrected chi connectivity index (χ1v) is 11.5. The van der Waals surface area contributed by atoms with E-state index in [-0.39, 0.29) is 44.1 Å². The third-order valence-corrected chi connectivity index (χ3v) is 5.22. The van der Waals surface area contributed by atoms with E-state index < -0.39 is 59.9 Å². The third-order valence-electron chi connectivity index (χ3n) is 5.22. The first kappa shape index (κ1) is 30.1. The second kappa shape index (κ2) is 14.5. The molecular weight excluding hydrogens is 476 g/mol. The molecule has 15 heteroatoms. The van der Waals surface area contributed by atoms with Crippen molar-refractivity contribution in [2.45, 2.75) is 76.7 Å². The van der Waals surface area contributed by atoms with Gasteiger partial charge in [0.2, 0.25) is 17.7 Å². The molecule has 5 amide bonds. The Labute approximate surface area is 208 Å². The molecule has 1 aliphatic heterocycles. The van der Waals surface area contributed by atoms with Crippen LogP contribution in [0.3, 0.4) is 0 Å². The maximum Gasteiger partial charge on any atom is 0.326 e. The van der Waals surface area contributed by atoms with E-state index in [1.165, 1.54) is 6.92 Å². The van der Waals surface area contributed by atoms with Gasteiger partial charge >= 0.3 is 12.0 Å². The molecule has 0 saturated carbocycles. The average molecular weight is 513 g/mol. The molecule has 1 heterocycles. The number of aliphatic imine (C=N–C) groups is 1. The molecule has 0 saturated heterocycles. The second-order valence-corrected chi connectivity index (χ2v) is 8.92. The summed E-state index contributed by atoms with van der Waals surface area (Å²) in [6, 6.07) is -6.26. The van der Waals surface area contributed by atoms with Crippen LogP contribution in [0.4, 0.5) is 4.79 Å². The van der Waals surface area contributed by atoms with Crippen molar-refractivity contribution in [3.8, 4) is 0 Å². The van der Waals surface area contributed by atoms with Crippen molar-refractivity contribution >= 4 is 42.0 Å². The molecule has 36 heavy (non-hydrogen) atoms. The maximum atomic E-state index is 13.2. The fourth-order valence-corrected chi connectivity index (χ4v) is 3.44. The molecule has 0 aromatic heterocycles. The van der Waals surface area contributed by atoms with Gasteiger partial charge in [0, 0.05) is 13.0 Å². The highest BCUT2D eigenvalue weighted by molar-refractivity contribution is 5.94. The van der Waals surface area contributed by atoms with Gasteiger partial charge in [0.15, 0.2) is 5.96 Å². The van der Waals surface area contributed by atoms with E-state index >= 15 is 0 Å². The summed E-state index contributed by atoms with van der Waals surface area (Å²) in [6.45, 7) is 5.27. The first-order chi connectivity index (χ1) is 16.8. The molecule has 15 nitrogen and oxygen atoms in total. The van der Waals surface area contributed by atoms with Crippen LogP contribution in [0.25, 0.3) is 0 Å². The molecule has 1 rings (SSSR count). The van der Waals surface area contributed by atoms with Crippen molar-refractivity contribution in [3.05, 3.63) is 0 Å². The van der Waals surface area contributed by atoms with Crippen LogP contribution < -0.4 is 38.1 Å². The van der Waals surface area contributed by atoms with Gasteiger partial charge in [-0.25, -0.2) is 9.59 Å². The minimum Gasteiger partial charge on any atom is -0.480 e. The zero-order valence-electron chi connectivity index (χ0n) is 20.6. The molecule has 0 aromatic carbocycles. The van der Waals surface area contributed by atoms with Crippen molar-refractivity contribution in [2.24, 2.45) is 22.4 Å². The molecular formula is C21H36N8O7. The number of nitrogens with one attached hydrogen (secondary N) is 5. The molecule has 1 aliphatic rings. The van der Waals surface area contributed by atoms with Crippen molar-refractivity contribution in [1.82, 2.24) is 26.6 Å². The smallest absolute Gasteiger partial charge is 0.326 e. The summed E-state index contributed by atoms with van der Waals surface area (Å²) in [4.78, 5) is 76.2. The number of amides is 5. The number of hydrogen-bond acceptors (Lipinski definition) is 9. The number of primary amides is 1. The summed E-state index contributed by atoms with van der Waals surface area (Å²) in [6.07, 6.45) is 0.542. The minimum absolute atomic E-state index is 0.0280. The van der Waals surface area contributed by atoms with Gasteiger partial charge in [0.25, 0.3) is 0 Å². The van der Waals surface area contributed by atoms with Crippen LogP contribution in [-0.4, -0.2) is 83.8 Å². The van der Waals surface area contributed by atoms with Crippen molar-refractivity contribution in [3.63, 3.8) is 0 Å². The summed E-state index contributed by atoms with van der Waals surface area (Å²) in [5.41, 5.74) is 10.9. The molecule has 0 radical (unpaired) electrons. The quantitative estimate of drug-likeness (QED) is 0.112. The molecule has 5 atom stereocenters. The lowest BCUT2D eigenvalue weighted by atomic mass is 10.0. The van der Waals surface area contributed by atoms with Gasteiger partial charge in [0.05, 0.1) is 12.1 Å². The summed E-state index contributed by atoms with van der Waals surface area (Å²) in [5.74, 6) is -3.47. The fourth-order valence-electron chi connectivity index (χ4n) is 3.44. The normalized spacial score (nSPS) is 18.3. The molecule has 0 fully saturated rings. The van der Waals surface area contributed by atoms with E-state index in [9.17, 15) is 33.9 Å². The molecule has 0 bridgehead atoms. The summed E-state index contributed by atoms with van der Waals surface area (Å²) >= 11 is 0. The summed E-state index contributed by atoms with van der Waals surface area (Å²) in [7, 11) is 0. The Kier molecular flexibility index (Phi) is 12.1. The highest BCUT2D eigenvalue weighted by Gasteiger charge is 2.35. The van der Waals surface area contributed by atoms with Gasteiger partial charge in [0.1, 0.15) is 24.4 Å². The monoisotopic (exact) mass is 512 g/mol. The lowest BCUT2D eigenvalue weighted by Crippen LogP contribution is -2.64. The second-order valence-electron chi connectivity index (χ2n) is 8.92. The number of carboxylic acid groups (broad SMARTS) is 1.